The van der Waals surface area contributed by atoms with Crippen LogP contribution in [0.3, 0.4) is 0 Å². The van der Waals surface area contributed by atoms with E-state index in [-0.39, 0.29) is 19.1 Å². The van der Waals surface area contributed by atoms with E-state index in [0.717, 1.165) is 4.90 Å². The van der Waals surface area contributed by atoms with Gasteiger partial charge >= 0.3 is 11.9 Å². The minimum Gasteiger partial charge on any atom is -0.459 e. The molecule has 0 saturated heterocycles. The third-order valence-electron chi connectivity index (χ3n) is 2.29. The summed E-state index contributed by atoms with van der Waals surface area (Å²) in [5, 5.41) is 0. The van der Waals surface area contributed by atoms with Crippen molar-refractivity contribution in [1.29, 1.82) is 0 Å². The second kappa shape index (κ2) is 7.65. The summed E-state index contributed by atoms with van der Waals surface area (Å²) >= 11 is 0. The number of carbonyl (C=O) groups excluding carboxylic acids is 3. The fraction of sp³-hybridized carbons (Fsp3) is 0.727. The average molecular weight is 244 g/mol. The van der Waals surface area contributed by atoms with Gasteiger partial charge in [0.05, 0.1) is 13.2 Å². The Bertz CT molecular complexity index is 287. The first-order valence-corrected chi connectivity index (χ1v) is 5.67. The van der Waals surface area contributed by atoms with Gasteiger partial charge in [-0.1, -0.05) is 0 Å². The number of likely N-dealkylation sites (N-methyl/N-ethyl adjacent to an activating group) is 2. The van der Waals surface area contributed by atoms with Crippen molar-refractivity contribution in [3.05, 3.63) is 0 Å². The van der Waals surface area contributed by atoms with Crippen LogP contribution in [0.2, 0.25) is 0 Å². The van der Waals surface area contributed by atoms with Crippen LogP contribution in [0.4, 0.5) is 0 Å². The van der Waals surface area contributed by atoms with Crippen molar-refractivity contribution in [2.75, 3.05) is 33.3 Å². The molecule has 0 aliphatic rings. The van der Waals surface area contributed by atoms with Crippen LogP contribution in [-0.2, 0) is 19.1 Å². The maximum absolute atomic E-state index is 11.7. The highest BCUT2D eigenvalue weighted by atomic mass is 16.5. The Morgan fingerprint density at radius 1 is 1.06 bits per heavy atom. The second-order valence-electron chi connectivity index (χ2n) is 3.45. The first kappa shape index (κ1) is 15.4. The largest absolute Gasteiger partial charge is 0.459 e. The third-order valence-corrected chi connectivity index (χ3v) is 2.29. The van der Waals surface area contributed by atoms with Gasteiger partial charge in [0.1, 0.15) is 0 Å². The number of rotatable bonds is 5. The van der Waals surface area contributed by atoms with Gasteiger partial charge < -0.3 is 14.5 Å². The molecule has 0 aromatic carbocycles. The van der Waals surface area contributed by atoms with Crippen LogP contribution in [0.5, 0.6) is 0 Å². The van der Waals surface area contributed by atoms with E-state index in [4.69, 9.17) is 0 Å². The number of esters is 1. The molecular weight excluding hydrogens is 224 g/mol. The van der Waals surface area contributed by atoms with Gasteiger partial charge in [0.2, 0.25) is 5.91 Å². The molecule has 0 fully saturated rings. The molecule has 0 unspecified atom stereocenters. The molecule has 0 aromatic rings. The number of nitrogens with zero attached hydrogens (tertiary/aromatic N) is 2. The molecule has 0 aromatic heterocycles. The van der Waals surface area contributed by atoms with E-state index in [2.05, 4.69) is 4.74 Å². The van der Waals surface area contributed by atoms with Gasteiger partial charge in [0, 0.05) is 20.1 Å². The Balaban J connectivity index is 4.34. The van der Waals surface area contributed by atoms with Crippen LogP contribution < -0.4 is 0 Å². The minimum absolute atomic E-state index is 0.112. The van der Waals surface area contributed by atoms with Gasteiger partial charge in [0.15, 0.2) is 0 Å². The van der Waals surface area contributed by atoms with Crippen LogP contribution >= 0.6 is 0 Å². The molecule has 0 aliphatic heterocycles. The highest BCUT2D eigenvalue weighted by molar-refractivity contribution is 6.32. The van der Waals surface area contributed by atoms with E-state index in [1.807, 2.05) is 13.8 Å². The minimum atomic E-state index is -0.928. The number of ether oxygens (including phenoxy) is 1. The van der Waals surface area contributed by atoms with Crippen LogP contribution in [0.1, 0.15) is 20.8 Å². The maximum atomic E-state index is 11.7. The van der Waals surface area contributed by atoms with Crippen molar-refractivity contribution in [2.24, 2.45) is 0 Å². The Labute approximate surface area is 102 Å². The molecule has 2 amide bonds. The zero-order valence-electron chi connectivity index (χ0n) is 10.9. The summed E-state index contributed by atoms with van der Waals surface area (Å²) in [6.07, 6.45) is 0. The molecule has 0 N–H and O–H groups in total. The normalized spacial score (nSPS) is 9.65. The zero-order chi connectivity index (χ0) is 13.4. The van der Waals surface area contributed by atoms with Gasteiger partial charge in [0.25, 0.3) is 0 Å². The molecule has 0 aliphatic carbocycles. The average Bonchev–Trinajstić information content (AvgIpc) is 2.29. The van der Waals surface area contributed by atoms with Crippen molar-refractivity contribution >= 4 is 17.8 Å². The Kier molecular flexibility index (Phi) is 6.93. The zero-order valence-corrected chi connectivity index (χ0v) is 10.9. The lowest BCUT2D eigenvalue weighted by molar-refractivity contribution is -0.160. The highest BCUT2D eigenvalue weighted by Crippen LogP contribution is 1.94. The molecule has 0 atom stereocenters. The quantitative estimate of drug-likeness (QED) is 0.499. The molecule has 17 heavy (non-hydrogen) atoms. The van der Waals surface area contributed by atoms with E-state index in [1.165, 1.54) is 7.05 Å². The summed E-state index contributed by atoms with van der Waals surface area (Å²) < 4.78 is 4.56. The predicted molar refractivity (Wildman–Crippen MR) is 62.2 cm³/mol. The first-order valence-electron chi connectivity index (χ1n) is 5.67. The smallest absolute Gasteiger partial charge is 0.397 e. The van der Waals surface area contributed by atoms with Crippen molar-refractivity contribution in [2.45, 2.75) is 20.8 Å². The maximum Gasteiger partial charge on any atom is 0.397 e. The Morgan fingerprint density at radius 2 is 1.59 bits per heavy atom. The first-order chi connectivity index (χ1) is 7.97. The van der Waals surface area contributed by atoms with E-state index in [1.54, 1.807) is 11.8 Å². The molecule has 98 valence electrons. The summed E-state index contributed by atoms with van der Waals surface area (Å²) in [6, 6.07) is 0. The lowest BCUT2D eigenvalue weighted by atomic mass is 10.4. The van der Waals surface area contributed by atoms with Crippen LogP contribution in [-0.4, -0.2) is 60.9 Å². The number of hydrogen-bond donors (Lipinski definition) is 0. The lowest BCUT2D eigenvalue weighted by Gasteiger charge is -2.22. The molecule has 6 heteroatoms. The molecule has 0 saturated carbocycles. The van der Waals surface area contributed by atoms with E-state index in [9.17, 15) is 14.4 Å². The van der Waals surface area contributed by atoms with Crippen LogP contribution in [0.15, 0.2) is 0 Å². The summed E-state index contributed by atoms with van der Waals surface area (Å²) in [7, 11) is 1.40. The van der Waals surface area contributed by atoms with Crippen molar-refractivity contribution in [3.63, 3.8) is 0 Å². The highest BCUT2D eigenvalue weighted by Gasteiger charge is 2.23. The van der Waals surface area contributed by atoms with Gasteiger partial charge in [-0.3, -0.25) is 9.59 Å². The summed E-state index contributed by atoms with van der Waals surface area (Å²) in [4.78, 5) is 36.9. The topological polar surface area (TPSA) is 66.9 Å². The Hall–Kier alpha value is -1.59. The van der Waals surface area contributed by atoms with Crippen molar-refractivity contribution in [3.8, 4) is 0 Å². The lowest BCUT2D eigenvalue weighted by Crippen LogP contribution is -2.43. The van der Waals surface area contributed by atoms with Crippen molar-refractivity contribution < 1.29 is 19.1 Å². The molecule has 0 spiro atoms. The standard InChI is InChI=1S/C11H20N2O4/c1-5-13(6-2)9(14)8-12(4)10(15)11(16)17-7-3/h5-8H2,1-4H3. The van der Waals surface area contributed by atoms with Gasteiger partial charge in [-0.05, 0) is 20.8 Å². The number of amides is 2. The van der Waals surface area contributed by atoms with Crippen LogP contribution in [0.25, 0.3) is 0 Å². The Morgan fingerprint density at radius 3 is 2.00 bits per heavy atom. The summed E-state index contributed by atoms with van der Waals surface area (Å²) in [5.74, 6) is -1.91. The van der Waals surface area contributed by atoms with E-state index >= 15 is 0 Å². The van der Waals surface area contributed by atoms with Gasteiger partial charge in [-0.15, -0.1) is 0 Å². The number of carbonyl (C=O) groups is 3. The fourth-order valence-electron chi connectivity index (χ4n) is 1.30. The molecule has 0 radical (unpaired) electrons. The SMILES string of the molecule is CCOC(=O)C(=O)N(C)CC(=O)N(CC)CC. The van der Waals surface area contributed by atoms with Gasteiger partial charge in [-0.25, -0.2) is 4.79 Å². The van der Waals surface area contributed by atoms with E-state index in [0.29, 0.717) is 13.1 Å². The third kappa shape index (κ3) is 4.84. The summed E-state index contributed by atoms with van der Waals surface area (Å²) in [6.45, 7) is 6.52. The molecule has 0 bridgehead atoms. The molecule has 6 nitrogen and oxygen atoms in total. The molecular formula is C11H20N2O4. The van der Waals surface area contributed by atoms with E-state index < -0.39 is 11.9 Å². The molecule has 0 rings (SSSR count). The second-order valence-corrected chi connectivity index (χ2v) is 3.45. The van der Waals surface area contributed by atoms with Crippen molar-refractivity contribution in [1.82, 2.24) is 9.80 Å². The monoisotopic (exact) mass is 244 g/mol. The fourth-order valence-corrected chi connectivity index (χ4v) is 1.30. The molecule has 0 heterocycles. The number of hydrogen-bond acceptors (Lipinski definition) is 4. The van der Waals surface area contributed by atoms with Crippen LogP contribution in [0, 0.1) is 0 Å². The summed E-state index contributed by atoms with van der Waals surface area (Å²) in [5.41, 5.74) is 0. The van der Waals surface area contributed by atoms with Gasteiger partial charge in [-0.2, -0.15) is 0 Å². The predicted octanol–water partition coefficient (Wildman–Crippen LogP) is -0.124.